The van der Waals surface area contributed by atoms with Gasteiger partial charge in [0.1, 0.15) is 5.75 Å². The zero-order valence-corrected chi connectivity index (χ0v) is 14.9. The number of para-hydroxylation sites is 1. The lowest BCUT2D eigenvalue weighted by Crippen LogP contribution is -2.19. The molecule has 122 valence electrons. The SMILES string of the molecule is COc1ccccc1C=C1SC(=Nc2cccc(Cl)c2Cl)NC1=O. The van der Waals surface area contributed by atoms with Crippen molar-refractivity contribution in [1.29, 1.82) is 0 Å². The molecule has 1 saturated heterocycles. The number of aliphatic imine (C=N–C) groups is 1. The monoisotopic (exact) mass is 378 g/mol. The Morgan fingerprint density at radius 2 is 1.96 bits per heavy atom. The predicted molar refractivity (Wildman–Crippen MR) is 100 cm³/mol. The van der Waals surface area contributed by atoms with Crippen molar-refractivity contribution in [2.45, 2.75) is 0 Å². The van der Waals surface area contributed by atoms with Crippen LogP contribution in [0.25, 0.3) is 6.08 Å². The molecule has 1 aliphatic rings. The third-order valence-electron chi connectivity index (χ3n) is 3.23. The van der Waals surface area contributed by atoms with E-state index in [2.05, 4.69) is 10.3 Å². The number of ether oxygens (including phenoxy) is 1. The zero-order valence-electron chi connectivity index (χ0n) is 12.5. The molecule has 24 heavy (non-hydrogen) atoms. The molecule has 1 N–H and O–H groups in total. The van der Waals surface area contributed by atoms with E-state index < -0.39 is 0 Å². The summed E-state index contributed by atoms with van der Waals surface area (Å²) in [4.78, 5) is 17.0. The van der Waals surface area contributed by atoms with E-state index in [9.17, 15) is 4.79 Å². The number of methoxy groups -OCH3 is 1. The first-order valence-electron chi connectivity index (χ1n) is 6.95. The average Bonchev–Trinajstić information content (AvgIpc) is 2.92. The highest BCUT2D eigenvalue weighted by molar-refractivity contribution is 8.18. The lowest BCUT2D eigenvalue weighted by Gasteiger charge is -2.03. The van der Waals surface area contributed by atoms with E-state index in [-0.39, 0.29) is 5.91 Å². The van der Waals surface area contributed by atoms with Gasteiger partial charge in [-0.05, 0) is 36.0 Å². The van der Waals surface area contributed by atoms with E-state index in [4.69, 9.17) is 27.9 Å². The van der Waals surface area contributed by atoms with Crippen molar-refractivity contribution < 1.29 is 9.53 Å². The number of thioether (sulfide) groups is 1. The maximum absolute atomic E-state index is 12.1. The predicted octanol–water partition coefficient (Wildman–Crippen LogP) is 4.89. The number of hydrogen-bond donors (Lipinski definition) is 1. The summed E-state index contributed by atoms with van der Waals surface area (Å²) in [6.07, 6.45) is 1.76. The van der Waals surface area contributed by atoms with Crippen molar-refractivity contribution >= 4 is 57.8 Å². The van der Waals surface area contributed by atoms with Crippen molar-refractivity contribution in [2.75, 3.05) is 7.11 Å². The molecule has 0 aromatic heterocycles. The van der Waals surface area contributed by atoms with Crippen molar-refractivity contribution in [3.8, 4) is 5.75 Å². The van der Waals surface area contributed by atoms with Crippen LogP contribution in [0.15, 0.2) is 52.4 Å². The molecular weight excluding hydrogens is 367 g/mol. The molecule has 2 aromatic carbocycles. The fraction of sp³-hybridized carbons (Fsp3) is 0.0588. The highest BCUT2D eigenvalue weighted by Gasteiger charge is 2.24. The summed E-state index contributed by atoms with van der Waals surface area (Å²) in [6, 6.07) is 12.6. The van der Waals surface area contributed by atoms with Crippen molar-refractivity contribution in [2.24, 2.45) is 4.99 Å². The van der Waals surface area contributed by atoms with Gasteiger partial charge in [-0.2, -0.15) is 0 Å². The van der Waals surface area contributed by atoms with E-state index in [0.717, 1.165) is 5.56 Å². The first-order chi connectivity index (χ1) is 11.6. The minimum Gasteiger partial charge on any atom is -0.496 e. The van der Waals surface area contributed by atoms with Gasteiger partial charge in [0, 0.05) is 5.56 Å². The van der Waals surface area contributed by atoms with Gasteiger partial charge in [0.2, 0.25) is 0 Å². The molecule has 0 aliphatic carbocycles. The van der Waals surface area contributed by atoms with Gasteiger partial charge in [0.05, 0.1) is 27.7 Å². The number of amides is 1. The van der Waals surface area contributed by atoms with Gasteiger partial charge in [-0.3, -0.25) is 4.79 Å². The van der Waals surface area contributed by atoms with Crippen LogP contribution in [0, 0.1) is 0 Å². The first kappa shape index (κ1) is 16.9. The molecule has 3 rings (SSSR count). The second-order valence-corrected chi connectivity index (χ2v) is 6.61. The summed E-state index contributed by atoms with van der Waals surface area (Å²) >= 11 is 13.3. The summed E-state index contributed by atoms with van der Waals surface area (Å²) < 4.78 is 5.29. The highest BCUT2D eigenvalue weighted by Crippen LogP contribution is 2.35. The van der Waals surface area contributed by atoms with Gasteiger partial charge in [-0.15, -0.1) is 0 Å². The number of amidine groups is 1. The Bertz CT molecular complexity index is 865. The van der Waals surface area contributed by atoms with Gasteiger partial charge >= 0.3 is 0 Å². The molecule has 0 atom stereocenters. The number of nitrogens with zero attached hydrogens (tertiary/aromatic N) is 1. The van der Waals surface area contributed by atoms with Gasteiger partial charge in [0.15, 0.2) is 5.17 Å². The summed E-state index contributed by atoms with van der Waals surface area (Å²) in [5.74, 6) is 0.476. The molecule has 1 aliphatic heterocycles. The lowest BCUT2D eigenvalue weighted by molar-refractivity contribution is -0.115. The van der Waals surface area contributed by atoms with Crippen LogP contribution in [0.3, 0.4) is 0 Å². The zero-order chi connectivity index (χ0) is 17.1. The van der Waals surface area contributed by atoms with Gasteiger partial charge in [0.25, 0.3) is 5.91 Å². The third-order valence-corrected chi connectivity index (χ3v) is 4.95. The highest BCUT2D eigenvalue weighted by atomic mass is 35.5. The molecule has 0 radical (unpaired) electrons. The Kier molecular flexibility index (Phi) is 5.14. The van der Waals surface area contributed by atoms with Crippen LogP contribution >= 0.6 is 35.0 Å². The minimum atomic E-state index is -0.220. The average molecular weight is 379 g/mol. The van der Waals surface area contributed by atoms with E-state index >= 15 is 0 Å². The van der Waals surface area contributed by atoms with Crippen LogP contribution in [0.4, 0.5) is 5.69 Å². The van der Waals surface area contributed by atoms with Crippen LogP contribution in [0.1, 0.15) is 5.56 Å². The lowest BCUT2D eigenvalue weighted by atomic mass is 10.2. The number of hydrogen-bond acceptors (Lipinski definition) is 4. The van der Waals surface area contributed by atoms with Crippen molar-refractivity contribution in [3.05, 3.63) is 63.0 Å². The Labute approximate surface area is 153 Å². The van der Waals surface area contributed by atoms with Crippen LogP contribution in [-0.4, -0.2) is 18.2 Å². The Hall–Kier alpha value is -1.95. The second-order valence-electron chi connectivity index (χ2n) is 4.80. The Morgan fingerprint density at radius 1 is 1.17 bits per heavy atom. The number of halogens is 2. The molecule has 7 heteroatoms. The molecule has 0 bridgehead atoms. The van der Waals surface area contributed by atoms with Gasteiger partial charge in [-0.1, -0.05) is 47.5 Å². The molecule has 0 saturated carbocycles. The van der Waals surface area contributed by atoms with Crippen LogP contribution in [0.5, 0.6) is 5.75 Å². The van der Waals surface area contributed by atoms with Crippen molar-refractivity contribution in [3.63, 3.8) is 0 Å². The molecule has 1 heterocycles. The quantitative estimate of drug-likeness (QED) is 0.773. The number of nitrogens with one attached hydrogen (secondary N) is 1. The van der Waals surface area contributed by atoms with Gasteiger partial charge in [-0.25, -0.2) is 4.99 Å². The maximum atomic E-state index is 12.1. The third kappa shape index (κ3) is 3.59. The largest absolute Gasteiger partial charge is 0.496 e. The topological polar surface area (TPSA) is 50.7 Å². The molecule has 1 fully saturated rings. The normalized spacial score (nSPS) is 17.4. The molecule has 1 amide bonds. The van der Waals surface area contributed by atoms with Crippen LogP contribution < -0.4 is 10.1 Å². The van der Waals surface area contributed by atoms with E-state index in [1.807, 2.05) is 24.3 Å². The molecule has 4 nitrogen and oxygen atoms in total. The number of benzene rings is 2. The summed E-state index contributed by atoms with van der Waals surface area (Å²) in [5.41, 5.74) is 1.32. The van der Waals surface area contributed by atoms with E-state index in [1.54, 1.807) is 31.4 Å². The minimum absolute atomic E-state index is 0.220. The van der Waals surface area contributed by atoms with Crippen molar-refractivity contribution in [1.82, 2.24) is 5.32 Å². The summed E-state index contributed by atoms with van der Waals surface area (Å²) in [6.45, 7) is 0. The van der Waals surface area contributed by atoms with Gasteiger partial charge < -0.3 is 10.1 Å². The second kappa shape index (κ2) is 7.30. The fourth-order valence-electron chi connectivity index (χ4n) is 2.10. The van der Waals surface area contributed by atoms with E-state index in [1.165, 1.54) is 11.8 Å². The summed E-state index contributed by atoms with van der Waals surface area (Å²) in [5, 5.41) is 3.93. The molecule has 0 unspecified atom stereocenters. The standard InChI is InChI=1S/C17H12Cl2N2O2S/c1-23-13-8-3-2-5-10(13)9-14-16(22)21-17(24-14)20-12-7-4-6-11(18)15(12)19/h2-9H,1H3,(H,20,21,22). The van der Waals surface area contributed by atoms with Crippen LogP contribution in [-0.2, 0) is 4.79 Å². The number of carbonyl (C=O) groups is 1. The maximum Gasteiger partial charge on any atom is 0.264 e. The molecular formula is C17H12Cl2N2O2S. The molecule has 0 spiro atoms. The Morgan fingerprint density at radius 3 is 2.75 bits per heavy atom. The number of rotatable bonds is 3. The van der Waals surface area contributed by atoms with E-state index in [0.29, 0.717) is 31.6 Å². The molecule has 2 aromatic rings. The Balaban J connectivity index is 1.90. The fourth-order valence-corrected chi connectivity index (χ4v) is 3.26. The smallest absolute Gasteiger partial charge is 0.264 e. The number of carbonyl (C=O) groups excluding carboxylic acids is 1. The summed E-state index contributed by atoms with van der Waals surface area (Å²) in [7, 11) is 1.59. The first-order valence-corrected chi connectivity index (χ1v) is 8.52. The van der Waals surface area contributed by atoms with Crippen LogP contribution in [0.2, 0.25) is 10.0 Å².